The first-order valence-electron chi connectivity index (χ1n) is 11.1. The molecule has 6 atom stereocenters. The number of nitrogens with zero attached hydrogens (tertiary/aromatic N) is 1. The predicted molar refractivity (Wildman–Crippen MR) is 125 cm³/mol. The Bertz CT molecular complexity index is 1220. The van der Waals surface area contributed by atoms with E-state index in [2.05, 4.69) is 5.09 Å². The molecule has 0 saturated carbocycles. The lowest BCUT2D eigenvalue weighted by atomic mass is 9.98. The number of aliphatic hydroxyl groups is 1. The van der Waals surface area contributed by atoms with Crippen LogP contribution in [0.3, 0.4) is 0 Å². The van der Waals surface area contributed by atoms with Gasteiger partial charge in [-0.3, -0.25) is 23.7 Å². The Morgan fingerprint density at radius 3 is 2.56 bits per heavy atom. The molecule has 0 radical (unpaired) electrons. The third-order valence-electron chi connectivity index (χ3n) is 5.26. The smallest absolute Gasteiger partial charge is 0.459 e. The number of aliphatic hydroxyl groups excluding tert-OH is 1. The molecule has 12 nitrogen and oxygen atoms in total. The molecule has 1 aliphatic rings. The van der Waals surface area contributed by atoms with E-state index in [4.69, 9.17) is 18.5 Å². The molecule has 1 saturated heterocycles. The molecule has 198 valence electrons. The van der Waals surface area contributed by atoms with Crippen molar-refractivity contribution in [3.05, 3.63) is 63.4 Å². The van der Waals surface area contributed by atoms with E-state index in [1.165, 1.54) is 19.1 Å². The minimum atomic E-state index is -4.30. The average Bonchev–Trinajstić information content (AvgIpc) is 3.01. The van der Waals surface area contributed by atoms with Gasteiger partial charge in [-0.15, -0.1) is 0 Å². The number of benzene rings is 1. The fourth-order valence-corrected chi connectivity index (χ4v) is 4.97. The molecule has 1 fully saturated rings. The van der Waals surface area contributed by atoms with Crippen LogP contribution in [-0.2, 0) is 23.4 Å². The van der Waals surface area contributed by atoms with Crippen molar-refractivity contribution in [2.75, 3.05) is 6.61 Å². The fraction of sp³-hybridized carbons (Fsp3) is 0.500. The lowest BCUT2D eigenvalue weighted by molar-refractivity contribution is -0.149. The first-order valence-corrected chi connectivity index (χ1v) is 12.7. The number of alkyl halides is 1. The van der Waals surface area contributed by atoms with Crippen molar-refractivity contribution in [1.29, 1.82) is 0 Å². The minimum absolute atomic E-state index is 0.152. The maximum Gasteiger partial charge on any atom is 0.459 e. The number of hydrogen-bond acceptors (Lipinski definition) is 9. The number of para-hydroxylation sites is 1. The minimum Gasteiger partial charge on any atom is -0.462 e. The number of halogens is 1. The molecule has 3 rings (SSSR count). The van der Waals surface area contributed by atoms with Gasteiger partial charge in [-0.2, -0.15) is 5.09 Å². The van der Waals surface area contributed by atoms with E-state index < -0.39 is 67.8 Å². The normalized spacial score (nSPS) is 26.4. The van der Waals surface area contributed by atoms with Crippen molar-refractivity contribution in [3.8, 4) is 5.75 Å². The summed E-state index contributed by atoms with van der Waals surface area (Å²) in [4.78, 5) is 37.7. The number of aromatic amines is 1. The van der Waals surface area contributed by atoms with E-state index in [9.17, 15) is 24.1 Å². The second kappa shape index (κ2) is 11.1. The number of ether oxygens (including phenoxy) is 2. The first-order chi connectivity index (χ1) is 16.8. The molecule has 3 N–H and O–H groups in total. The number of rotatable bonds is 10. The Balaban J connectivity index is 1.80. The SMILES string of the molecule is CC(C)OC(=O)[C@@H](C)NP(=O)(OC[C@@H]1O[C@H](n2ccc(=O)[nH]c2=O)[C@@](C)(F)[C@H]1O)Oc1ccccc1. The second-order valence-corrected chi connectivity index (χ2v) is 10.4. The van der Waals surface area contributed by atoms with E-state index in [1.54, 1.807) is 32.0 Å². The van der Waals surface area contributed by atoms with Crippen molar-refractivity contribution in [3.63, 3.8) is 0 Å². The first kappa shape index (κ1) is 27.8. The van der Waals surface area contributed by atoms with Crippen LogP contribution in [0.5, 0.6) is 5.75 Å². The predicted octanol–water partition coefficient (Wildman–Crippen LogP) is 1.66. The number of carbonyl (C=O) groups is 1. The summed E-state index contributed by atoms with van der Waals surface area (Å²) < 4.78 is 51.4. The molecule has 14 heteroatoms. The highest BCUT2D eigenvalue weighted by atomic mass is 31.2. The molecule has 2 aromatic rings. The molecule has 1 aliphatic heterocycles. The maximum atomic E-state index is 15.4. The van der Waals surface area contributed by atoms with Crippen LogP contribution in [0.4, 0.5) is 4.39 Å². The Kier molecular flexibility index (Phi) is 8.52. The van der Waals surface area contributed by atoms with Gasteiger partial charge in [-0.05, 0) is 39.8 Å². The highest BCUT2D eigenvalue weighted by Gasteiger charge is 2.55. The third kappa shape index (κ3) is 6.48. The fourth-order valence-electron chi connectivity index (χ4n) is 3.47. The molecule has 0 aliphatic carbocycles. The summed E-state index contributed by atoms with van der Waals surface area (Å²) in [7, 11) is -4.30. The van der Waals surface area contributed by atoms with Crippen molar-refractivity contribution in [2.45, 2.75) is 63.9 Å². The molecule has 1 unspecified atom stereocenters. The summed E-state index contributed by atoms with van der Waals surface area (Å²) in [5, 5.41) is 13.0. The summed E-state index contributed by atoms with van der Waals surface area (Å²) in [6.45, 7) is 5.07. The van der Waals surface area contributed by atoms with E-state index in [1.807, 2.05) is 4.98 Å². The Hall–Kier alpha value is -2.83. The van der Waals surface area contributed by atoms with Crippen LogP contribution in [0.25, 0.3) is 0 Å². The van der Waals surface area contributed by atoms with Gasteiger partial charge in [0.2, 0.25) is 0 Å². The van der Waals surface area contributed by atoms with Gasteiger partial charge in [0.05, 0.1) is 12.7 Å². The molecule has 1 aromatic heterocycles. The average molecular weight is 529 g/mol. The standard InChI is InChI=1S/C22H29FN3O9P/c1-13(2)33-19(29)14(3)25-36(31,35-15-8-6-5-7-9-15)32-12-16-18(28)22(4,23)20(34-16)26-11-10-17(27)24-21(26)30/h5-11,13-14,16,18,20,28H,12H2,1-4H3,(H,25,31)(H,24,27,30)/t14-,16+,18+,20+,22+,36?/m1/s1. The highest BCUT2D eigenvalue weighted by molar-refractivity contribution is 7.52. The van der Waals surface area contributed by atoms with Crippen LogP contribution in [-0.4, -0.2) is 57.3 Å². The summed E-state index contributed by atoms with van der Waals surface area (Å²) in [5.41, 5.74) is -4.12. The van der Waals surface area contributed by atoms with Gasteiger partial charge in [-0.1, -0.05) is 18.2 Å². The second-order valence-electron chi connectivity index (χ2n) is 8.67. The van der Waals surface area contributed by atoms with Crippen LogP contribution in [0.2, 0.25) is 0 Å². The molecule has 36 heavy (non-hydrogen) atoms. The van der Waals surface area contributed by atoms with Gasteiger partial charge in [0.25, 0.3) is 5.56 Å². The lowest BCUT2D eigenvalue weighted by Crippen LogP contribution is -2.43. The van der Waals surface area contributed by atoms with Crippen molar-refractivity contribution >= 4 is 13.7 Å². The largest absolute Gasteiger partial charge is 0.462 e. The van der Waals surface area contributed by atoms with Crippen LogP contribution in [0.1, 0.15) is 33.9 Å². The molecular weight excluding hydrogens is 500 g/mol. The summed E-state index contributed by atoms with van der Waals surface area (Å²) >= 11 is 0. The van der Waals surface area contributed by atoms with Crippen molar-refractivity contribution < 1.29 is 37.4 Å². The number of aromatic nitrogens is 2. The van der Waals surface area contributed by atoms with Crippen molar-refractivity contribution in [1.82, 2.24) is 14.6 Å². The van der Waals surface area contributed by atoms with Crippen LogP contribution >= 0.6 is 7.75 Å². The zero-order chi connectivity index (χ0) is 26.7. The summed E-state index contributed by atoms with van der Waals surface area (Å²) in [6, 6.07) is 7.86. The maximum absolute atomic E-state index is 15.4. The topological polar surface area (TPSA) is 158 Å². The van der Waals surface area contributed by atoms with Gasteiger partial charge in [-0.25, -0.2) is 13.8 Å². The molecule has 1 aromatic carbocycles. The molecular formula is C22H29FN3O9P. The zero-order valence-electron chi connectivity index (χ0n) is 20.1. The molecule has 0 spiro atoms. The lowest BCUT2D eigenvalue weighted by Gasteiger charge is -2.25. The van der Waals surface area contributed by atoms with Gasteiger partial charge in [0, 0.05) is 12.3 Å². The van der Waals surface area contributed by atoms with E-state index in [0.717, 1.165) is 23.8 Å². The zero-order valence-corrected chi connectivity index (χ0v) is 21.0. The van der Waals surface area contributed by atoms with Crippen molar-refractivity contribution in [2.24, 2.45) is 0 Å². The van der Waals surface area contributed by atoms with Gasteiger partial charge in [0.1, 0.15) is 24.0 Å². The molecule has 0 bridgehead atoms. The van der Waals surface area contributed by atoms with E-state index >= 15 is 4.39 Å². The number of H-pyrrole nitrogens is 1. The number of hydrogen-bond donors (Lipinski definition) is 3. The Morgan fingerprint density at radius 1 is 1.28 bits per heavy atom. The number of esters is 1. The highest BCUT2D eigenvalue weighted by Crippen LogP contribution is 2.47. The van der Waals surface area contributed by atoms with Gasteiger partial charge >= 0.3 is 19.4 Å². The Labute approximate surface area is 205 Å². The van der Waals surface area contributed by atoms with E-state index in [0.29, 0.717) is 0 Å². The van der Waals surface area contributed by atoms with Crippen LogP contribution < -0.4 is 20.9 Å². The van der Waals surface area contributed by atoms with Gasteiger partial charge < -0.3 is 19.1 Å². The van der Waals surface area contributed by atoms with Gasteiger partial charge in [0.15, 0.2) is 11.9 Å². The quantitative estimate of drug-likeness (QED) is 0.305. The van der Waals surface area contributed by atoms with Crippen LogP contribution in [0, 0.1) is 0 Å². The number of nitrogens with one attached hydrogen (secondary N) is 2. The third-order valence-corrected chi connectivity index (χ3v) is 6.90. The summed E-state index contributed by atoms with van der Waals surface area (Å²) in [6.07, 6.45) is -4.21. The monoisotopic (exact) mass is 529 g/mol. The van der Waals surface area contributed by atoms with Crippen LogP contribution in [0.15, 0.2) is 52.2 Å². The molecule has 0 amide bonds. The Morgan fingerprint density at radius 2 is 1.94 bits per heavy atom. The number of carbonyl (C=O) groups excluding carboxylic acids is 1. The summed E-state index contributed by atoms with van der Waals surface area (Å²) in [5.74, 6) is -0.560. The van der Waals surface area contributed by atoms with E-state index in [-0.39, 0.29) is 5.75 Å². The molecule has 2 heterocycles.